The van der Waals surface area contributed by atoms with Gasteiger partial charge in [-0.3, -0.25) is 0 Å². The lowest BCUT2D eigenvalue weighted by molar-refractivity contribution is 0.150. The molecule has 0 spiro atoms. The quantitative estimate of drug-likeness (QED) is 0.653. The minimum absolute atomic E-state index is 0.0659. The molecule has 0 radical (unpaired) electrons. The molecular weight excluding hydrogens is 138 g/mol. The van der Waals surface area contributed by atoms with Crippen molar-refractivity contribution in [2.24, 2.45) is 11.1 Å². The fraction of sp³-hybridized carbons (Fsp3) is 1.00. The molecule has 1 unspecified atom stereocenters. The summed E-state index contributed by atoms with van der Waals surface area (Å²) in [6.45, 7) is 8.45. The third-order valence-electron chi connectivity index (χ3n) is 2.20. The van der Waals surface area contributed by atoms with Crippen LogP contribution in [-0.2, 0) is 0 Å². The number of aliphatic hydroxyl groups is 1. The van der Waals surface area contributed by atoms with Gasteiger partial charge in [0.2, 0.25) is 0 Å². The Balaban J connectivity index is 4.02. The summed E-state index contributed by atoms with van der Waals surface area (Å²) in [5.41, 5.74) is 5.65. The third-order valence-corrected chi connectivity index (χ3v) is 2.20. The van der Waals surface area contributed by atoms with Crippen molar-refractivity contribution in [3.8, 4) is 0 Å². The van der Waals surface area contributed by atoms with Crippen molar-refractivity contribution in [2.45, 2.75) is 46.1 Å². The van der Waals surface area contributed by atoms with Crippen molar-refractivity contribution < 1.29 is 5.11 Å². The maximum atomic E-state index is 8.93. The molecule has 3 N–H and O–H groups in total. The van der Waals surface area contributed by atoms with Crippen molar-refractivity contribution in [3.05, 3.63) is 0 Å². The molecule has 0 fully saturated rings. The molecule has 0 bridgehead atoms. The Morgan fingerprint density at radius 3 is 2.00 bits per heavy atom. The summed E-state index contributed by atoms with van der Waals surface area (Å²) in [5.74, 6) is 0. The first-order valence-corrected chi connectivity index (χ1v) is 4.23. The molecule has 0 saturated heterocycles. The van der Waals surface area contributed by atoms with Crippen LogP contribution in [0.3, 0.4) is 0 Å². The van der Waals surface area contributed by atoms with E-state index < -0.39 is 5.54 Å². The molecule has 2 nitrogen and oxygen atoms in total. The minimum Gasteiger partial charge on any atom is -0.394 e. The van der Waals surface area contributed by atoms with Crippen molar-refractivity contribution in [3.63, 3.8) is 0 Å². The lowest BCUT2D eigenvalue weighted by Crippen LogP contribution is -2.43. The Morgan fingerprint density at radius 2 is 1.73 bits per heavy atom. The largest absolute Gasteiger partial charge is 0.394 e. The molecule has 0 aliphatic heterocycles. The number of rotatable bonds is 4. The van der Waals surface area contributed by atoms with Gasteiger partial charge in [-0.25, -0.2) is 0 Å². The molecule has 1 atom stereocenters. The average Bonchev–Trinajstić information content (AvgIpc) is 1.86. The summed E-state index contributed by atoms with van der Waals surface area (Å²) in [7, 11) is 0. The van der Waals surface area contributed by atoms with Gasteiger partial charge in [-0.15, -0.1) is 0 Å². The van der Waals surface area contributed by atoms with Crippen LogP contribution in [0.25, 0.3) is 0 Å². The molecule has 0 heterocycles. The predicted molar refractivity (Wildman–Crippen MR) is 48.4 cm³/mol. The number of aliphatic hydroxyl groups excluding tert-OH is 1. The molecule has 0 aromatic carbocycles. The summed E-state index contributed by atoms with van der Waals surface area (Å²) in [6, 6.07) is 0. The van der Waals surface area contributed by atoms with Crippen LogP contribution in [0.5, 0.6) is 0 Å². The van der Waals surface area contributed by atoms with E-state index >= 15 is 0 Å². The third kappa shape index (κ3) is 4.38. The Bertz CT molecular complexity index is 105. The fourth-order valence-corrected chi connectivity index (χ4v) is 1.27. The normalized spacial score (nSPS) is 18.0. The van der Waals surface area contributed by atoms with E-state index in [1.54, 1.807) is 0 Å². The summed E-state index contributed by atoms with van der Waals surface area (Å²) in [5, 5.41) is 8.93. The number of nitrogens with two attached hydrogens (primary N) is 1. The van der Waals surface area contributed by atoms with Crippen LogP contribution in [0.1, 0.15) is 40.5 Å². The Morgan fingerprint density at radius 1 is 1.27 bits per heavy atom. The zero-order chi connectivity index (χ0) is 9.12. The highest BCUT2D eigenvalue weighted by Gasteiger charge is 2.26. The zero-order valence-electron chi connectivity index (χ0n) is 8.15. The summed E-state index contributed by atoms with van der Waals surface area (Å²) in [6.07, 6.45) is 1.97. The maximum Gasteiger partial charge on any atom is 0.0608 e. The van der Waals surface area contributed by atoms with Gasteiger partial charge in [-0.1, -0.05) is 27.2 Å². The number of hydrogen-bond acceptors (Lipinski definition) is 2. The molecular formula is C9H21NO. The highest BCUT2D eigenvalue weighted by Crippen LogP contribution is 2.29. The van der Waals surface area contributed by atoms with Crippen LogP contribution >= 0.6 is 0 Å². The van der Waals surface area contributed by atoms with Gasteiger partial charge in [-0.2, -0.15) is 0 Å². The summed E-state index contributed by atoms with van der Waals surface area (Å²) >= 11 is 0. The molecule has 0 rings (SSSR count). The van der Waals surface area contributed by atoms with Gasteiger partial charge in [0.1, 0.15) is 0 Å². The molecule has 11 heavy (non-hydrogen) atoms. The monoisotopic (exact) mass is 159 g/mol. The zero-order valence-corrected chi connectivity index (χ0v) is 8.15. The topological polar surface area (TPSA) is 46.2 Å². The van der Waals surface area contributed by atoms with E-state index in [1.165, 1.54) is 0 Å². The molecule has 0 amide bonds. The fourth-order valence-electron chi connectivity index (χ4n) is 1.27. The lowest BCUT2D eigenvalue weighted by Gasteiger charge is -2.32. The van der Waals surface area contributed by atoms with E-state index in [-0.39, 0.29) is 12.0 Å². The molecule has 0 saturated carbocycles. The van der Waals surface area contributed by atoms with Gasteiger partial charge in [0.05, 0.1) is 6.61 Å². The standard InChI is InChI=1S/C9H21NO/c1-5-8(2,3)6-9(4,10)7-11/h11H,5-7,10H2,1-4H3. The predicted octanol–water partition coefficient (Wildman–Crippen LogP) is 1.52. The Kier molecular flexibility index (Phi) is 3.52. The van der Waals surface area contributed by atoms with Crippen LogP contribution in [0.15, 0.2) is 0 Å². The van der Waals surface area contributed by atoms with E-state index in [0.29, 0.717) is 0 Å². The van der Waals surface area contributed by atoms with Gasteiger partial charge in [0.25, 0.3) is 0 Å². The van der Waals surface area contributed by atoms with Crippen LogP contribution < -0.4 is 5.73 Å². The second kappa shape index (κ2) is 3.55. The van der Waals surface area contributed by atoms with Crippen molar-refractivity contribution in [1.29, 1.82) is 0 Å². The van der Waals surface area contributed by atoms with Crippen molar-refractivity contribution >= 4 is 0 Å². The first kappa shape index (κ1) is 10.9. The van der Waals surface area contributed by atoms with Gasteiger partial charge in [0, 0.05) is 5.54 Å². The van der Waals surface area contributed by atoms with Gasteiger partial charge < -0.3 is 10.8 Å². The first-order chi connectivity index (χ1) is 4.83. The second-order valence-corrected chi connectivity index (χ2v) is 4.51. The molecule has 2 heteroatoms. The molecule has 0 aliphatic rings. The van der Waals surface area contributed by atoms with Crippen LogP contribution in [0.4, 0.5) is 0 Å². The van der Waals surface area contributed by atoms with E-state index in [9.17, 15) is 0 Å². The van der Waals surface area contributed by atoms with Crippen molar-refractivity contribution in [2.75, 3.05) is 6.61 Å². The molecule has 0 aromatic rings. The van der Waals surface area contributed by atoms with Gasteiger partial charge in [-0.05, 0) is 18.8 Å². The first-order valence-electron chi connectivity index (χ1n) is 4.23. The molecule has 68 valence electrons. The Hall–Kier alpha value is -0.0800. The lowest BCUT2D eigenvalue weighted by atomic mass is 9.78. The van der Waals surface area contributed by atoms with E-state index in [4.69, 9.17) is 10.8 Å². The van der Waals surface area contributed by atoms with Crippen LogP contribution in [-0.4, -0.2) is 17.3 Å². The molecule has 0 aliphatic carbocycles. The smallest absolute Gasteiger partial charge is 0.0608 e. The van der Waals surface area contributed by atoms with E-state index in [2.05, 4.69) is 20.8 Å². The molecule has 0 aromatic heterocycles. The number of hydrogen-bond donors (Lipinski definition) is 2. The van der Waals surface area contributed by atoms with Crippen LogP contribution in [0.2, 0.25) is 0 Å². The van der Waals surface area contributed by atoms with E-state index in [1.807, 2.05) is 6.92 Å². The average molecular weight is 159 g/mol. The Labute approximate surface area is 69.8 Å². The summed E-state index contributed by atoms with van der Waals surface area (Å²) in [4.78, 5) is 0. The SMILES string of the molecule is CCC(C)(C)CC(C)(N)CO. The highest BCUT2D eigenvalue weighted by atomic mass is 16.3. The van der Waals surface area contributed by atoms with E-state index in [0.717, 1.165) is 12.8 Å². The van der Waals surface area contributed by atoms with Gasteiger partial charge in [0.15, 0.2) is 0 Å². The van der Waals surface area contributed by atoms with Crippen LogP contribution in [0, 0.1) is 5.41 Å². The second-order valence-electron chi connectivity index (χ2n) is 4.51. The summed E-state index contributed by atoms with van der Waals surface area (Å²) < 4.78 is 0. The highest BCUT2D eigenvalue weighted by molar-refractivity contribution is 4.84. The minimum atomic E-state index is -0.417. The maximum absolute atomic E-state index is 8.93. The van der Waals surface area contributed by atoms with Crippen molar-refractivity contribution in [1.82, 2.24) is 0 Å². The van der Waals surface area contributed by atoms with Gasteiger partial charge >= 0.3 is 0 Å².